The molecule has 0 bridgehead atoms. The molecule has 54 valence electrons. The van der Waals surface area contributed by atoms with Gasteiger partial charge < -0.3 is 10.4 Å². The Morgan fingerprint density at radius 2 is 2.50 bits per heavy atom. The summed E-state index contributed by atoms with van der Waals surface area (Å²) >= 11 is 0. The van der Waals surface area contributed by atoms with Crippen LogP contribution in [0.3, 0.4) is 0 Å². The number of nitrogens with zero attached hydrogens (tertiary/aromatic N) is 2. The predicted octanol–water partition coefficient (Wildman–Crippen LogP) is 0.375. The molecule has 0 unspecified atom stereocenters. The first-order valence-corrected chi connectivity index (χ1v) is 2.74. The van der Waals surface area contributed by atoms with Crippen LogP contribution in [0.5, 0.6) is 0 Å². The number of hydrogen-bond donors (Lipinski definition) is 2. The summed E-state index contributed by atoms with van der Waals surface area (Å²) in [7, 11) is 0. The van der Waals surface area contributed by atoms with E-state index >= 15 is 0 Å². The van der Waals surface area contributed by atoms with E-state index in [0.29, 0.717) is 12.7 Å². The van der Waals surface area contributed by atoms with Crippen LogP contribution in [-0.4, -0.2) is 17.6 Å². The van der Waals surface area contributed by atoms with Crippen molar-refractivity contribution in [3.8, 4) is 0 Å². The summed E-state index contributed by atoms with van der Waals surface area (Å²) < 4.78 is 0. The van der Waals surface area contributed by atoms with Crippen LogP contribution in [0.25, 0.3) is 4.98 Å². The molecule has 0 heterocycles. The zero-order valence-electron chi connectivity index (χ0n) is 5.53. The Labute approximate surface area is 58.0 Å². The maximum atomic E-state index is 10.5. The molecule has 10 heavy (non-hydrogen) atoms. The second kappa shape index (κ2) is 4.32. The van der Waals surface area contributed by atoms with Crippen molar-refractivity contribution in [1.82, 2.24) is 5.32 Å². The van der Waals surface area contributed by atoms with E-state index in [0.717, 1.165) is 0 Å². The summed E-state index contributed by atoms with van der Waals surface area (Å²) in [5, 5.41) is 18.8. The maximum Gasteiger partial charge on any atom is 0.397 e. The molecule has 0 aromatic heterocycles. The molecule has 2 N–H and O–H groups in total. The van der Waals surface area contributed by atoms with Gasteiger partial charge in [0.05, 0.1) is 0 Å². The third-order valence-electron chi connectivity index (χ3n) is 0.750. The molecule has 0 saturated carbocycles. The normalized spacial score (nSPS) is 10.2. The number of likely N-dealkylation sites (N-methyl/N-ethyl adjacent to an activating group) is 1. The quantitative estimate of drug-likeness (QED) is 0.332. The number of aliphatic hydroxyl groups is 1. The van der Waals surface area contributed by atoms with Crippen molar-refractivity contribution in [3.05, 3.63) is 16.9 Å². The fraction of sp³-hybridized carbons (Fsp3) is 0.400. The molecule has 0 aliphatic rings. The molecule has 0 fully saturated rings. The number of hydrogen-bond acceptors (Lipinski definition) is 3. The van der Waals surface area contributed by atoms with E-state index in [1.54, 1.807) is 6.92 Å². The molecule has 5 heteroatoms. The van der Waals surface area contributed by atoms with Gasteiger partial charge in [0.1, 0.15) is 0 Å². The van der Waals surface area contributed by atoms with Crippen molar-refractivity contribution in [2.75, 3.05) is 6.54 Å². The minimum atomic E-state index is -0.653. The minimum Gasteiger partial charge on any atom is -0.498 e. The summed E-state index contributed by atoms with van der Waals surface area (Å²) in [5.41, 5.74) is 0. The van der Waals surface area contributed by atoms with Crippen LogP contribution < -0.4 is 5.32 Å². The molecule has 0 aromatic rings. The molecule has 0 radical (unpaired) electrons. The van der Waals surface area contributed by atoms with Gasteiger partial charge in [0.2, 0.25) is 5.39 Å². The Morgan fingerprint density at radius 3 is 2.90 bits per heavy atom. The number of carbonyl (C=O) groups excluding carboxylic acids is 1. The Hall–Kier alpha value is -1.57. The van der Waals surface area contributed by atoms with Crippen LogP contribution in [0.2, 0.25) is 0 Å². The topological polar surface area (TPSA) is 77.5 Å². The molecule has 0 spiro atoms. The number of diazo groups is 1. The summed E-state index contributed by atoms with van der Waals surface area (Å²) in [6, 6.07) is 0. The van der Waals surface area contributed by atoms with Crippen molar-refractivity contribution in [2.24, 2.45) is 0 Å². The lowest BCUT2D eigenvalue weighted by Crippen LogP contribution is -2.24. The van der Waals surface area contributed by atoms with Gasteiger partial charge in [-0.1, -0.05) is 0 Å². The van der Waals surface area contributed by atoms with E-state index in [1.807, 2.05) is 0 Å². The molecule has 0 atom stereocenters. The second-order valence-corrected chi connectivity index (χ2v) is 1.49. The number of aliphatic hydroxyl groups excluding tert-OH is 1. The Morgan fingerprint density at radius 1 is 1.90 bits per heavy atom. The van der Waals surface area contributed by atoms with E-state index in [9.17, 15) is 4.79 Å². The lowest BCUT2D eigenvalue weighted by atomic mass is 10.5. The van der Waals surface area contributed by atoms with E-state index in [1.165, 1.54) is 0 Å². The first-order valence-electron chi connectivity index (χ1n) is 2.74. The maximum absolute atomic E-state index is 10.5. The zero-order valence-corrected chi connectivity index (χ0v) is 5.53. The second-order valence-electron chi connectivity index (χ2n) is 1.49. The van der Waals surface area contributed by atoms with Crippen LogP contribution in [0.4, 0.5) is 0 Å². The molecule has 0 saturated heterocycles. The van der Waals surface area contributed by atoms with E-state index in [-0.39, 0.29) is 0 Å². The molecule has 5 nitrogen and oxygen atoms in total. The number of carbonyl (C=O) groups is 1. The minimum absolute atomic E-state index is 0.419. The van der Waals surface area contributed by atoms with Crippen molar-refractivity contribution in [3.63, 3.8) is 0 Å². The average Bonchev–Trinajstić information content (AvgIpc) is 1.89. The highest BCUT2D eigenvalue weighted by Gasteiger charge is 2.09. The van der Waals surface area contributed by atoms with Crippen LogP contribution in [0.1, 0.15) is 6.92 Å². The highest BCUT2D eigenvalue weighted by molar-refractivity contribution is 5.90. The summed E-state index contributed by atoms with van der Waals surface area (Å²) in [6.45, 7) is 2.13. The van der Waals surface area contributed by atoms with E-state index in [2.05, 4.69) is 10.3 Å². The third kappa shape index (κ3) is 2.67. The van der Waals surface area contributed by atoms with Gasteiger partial charge in [0, 0.05) is 6.54 Å². The van der Waals surface area contributed by atoms with Crippen molar-refractivity contribution < 1.29 is 9.90 Å². The fourth-order valence-corrected chi connectivity index (χ4v) is 0.364. The van der Waals surface area contributed by atoms with E-state index < -0.39 is 11.7 Å². The van der Waals surface area contributed by atoms with Gasteiger partial charge in [-0.15, -0.1) is 0 Å². The first-order chi connectivity index (χ1) is 4.72. The van der Waals surface area contributed by atoms with Crippen molar-refractivity contribution in [2.45, 2.75) is 6.92 Å². The van der Waals surface area contributed by atoms with Crippen molar-refractivity contribution in [1.29, 1.82) is 5.39 Å². The highest BCUT2D eigenvalue weighted by Crippen LogP contribution is 1.87. The number of nitrogens with one attached hydrogen (secondary N) is 1. The largest absolute Gasteiger partial charge is 0.498 e. The summed E-state index contributed by atoms with van der Waals surface area (Å²) in [4.78, 5) is 13.0. The molecule has 1 amide bonds. The lowest BCUT2D eigenvalue weighted by molar-refractivity contribution is -0.119. The fourth-order valence-electron chi connectivity index (χ4n) is 0.364. The number of amides is 1. The standard InChI is InChI=1S/C5H7N3O2/c1-2-7-5(10)4(9)3-8-6/h3H,2H2,1H3,(H-,7,9,10)/p+1/b4-3-. The predicted molar refractivity (Wildman–Crippen MR) is 34.5 cm³/mol. The van der Waals surface area contributed by atoms with Crippen molar-refractivity contribution >= 4 is 5.91 Å². The Kier molecular flexibility index (Phi) is 3.64. The zero-order chi connectivity index (χ0) is 7.98. The first kappa shape index (κ1) is 8.43. The van der Waals surface area contributed by atoms with Gasteiger partial charge in [0.15, 0.2) is 4.98 Å². The molecule has 0 aliphatic carbocycles. The van der Waals surface area contributed by atoms with Crippen LogP contribution in [0.15, 0.2) is 12.0 Å². The van der Waals surface area contributed by atoms with Gasteiger partial charge in [0.25, 0.3) is 11.7 Å². The van der Waals surface area contributed by atoms with Gasteiger partial charge in [-0.2, -0.15) is 0 Å². The van der Waals surface area contributed by atoms with Crippen LogP contribution in [0, 0.1) is 5.39 Å². The van der Waals surface area contributed by atoms with E-state index in [4.69, 9.17) is 10.5 Å². The van der Waals surface area contributed by atoms with Crippen LogP contribution in [-0.2, 0) is 4.79 Å². The van der Waals surface area contributed by atoms with Gasteiger partial charge in [-0.25, -0.2) is 0 Å². The highest BCUT2D eigenvalue weighted by atomic mass is 16.3. The summed E-state index contributed by atoms with van der Waals surface area (Å²) in [6.07, 6.45) is 0.658. The van der Waals surface area contributed by atoms with Gasteiger partial charge in [-0.3, -0.25) is 4.79 Å². The molecule has 0 aromatic carbocycles. The van der Waals surface area contributed by atoms with Gasteiger partial charge in [-0.05, 0) is 6.92 Å². The lowest BCUT2D eigenvalue weighted by Gasteiger charge is -1.94. The summed E-state index contributed by atoms with van der Waals surface area (Å²) in [5.74, 6) is -1.26. The Balaban J connectivity index is 3.98. The van der Waals surface area contributed by atoms with Gasteiger partial charge >= 0.3 is 6.20 Å². The monoisotopic (exact) mass is 142 g/mol. The molecular formula is C5H8N3O2+. The molecule has 0 aliphatic heterocycles. The average molecular weight is 142 g/mol. The molecular weight excluding hydrogens is 134 g/mol. The number of rotatable bonds is 2. The van der Waals surface area contributed by atoms with Crippen LogP contribution >= 0.6 is 0 Å². The Bertz CT molecular complexity index is 192. The third-order valence-corrected chi connectivity index (χ3v) is 0.750. The SMILES string of the molecule is CCNC(=O)/C(O)=C/[N+]#N. The smallest absolute Gasteiger partial charge is 0.397 e. The molecule has 0 rings (SSSR count).